The first-order valence-electron chi connectivity index (χ1n) is 5.82. The van der Waals surface area contributed by atoms with Gasteiger partial charge in [0.05, 0.1) is 0 Å². The molecule has 0 aromatic rings. The van der Waals surface area contributed by atoms with Gasteiger partial charge in [-0.25, -0.2) is 0 Å². The standard InChI is InChI=1S/C10H23NO4Si/c1-4-13-16(14-5-2,15-6-3)10(12)8-7-9-11/h4-9,11H2,1-3H3. The van der Waals surface area contributed by atoms with E-state index < -0.39 is 8.80 Å². The zero-order valence-electron chi connectivity index (χ0n) is 10.5. The second kappa shape index (κ2) is 8.83. The largest absolute Gasteiger partial charge is 0.574 e. The highest BCUT2D eigenvalue weighted by atomic mass is 28.4. The van der Waals surface area contributed by atoms with Crippen molar-refractivity contribution in [2.75, 3.05) is 26.4 Å². The summed E-state index contributed by atoms with van der Waals surface area (Å²) in [6.07, 6.45) is 1.00. The monoisotopic (exact) mass is 249 g/mol. The maximum absolute atomic E-state index is 12.0. The lowest BCUT2D eigenvalue weighted by molar-refractivity contribution is -0.119. The molecule has 0 saturated carbocycles. The average molecular weight is 249 g/mol. The van der Waals surface area contributed by atoms with Crippen LogP contribution in [0.1, 0.15) is 33.6 Å². The van der Waals surface area contributed by atoms with E-state index in [0.717, 1.165) is 0 Å². The number of hydrogen-bond acceptors (Lipinski definition) is 5. The van der Waals surface area contributed by atoms with Gasteiger partial charge in [-0.2, -0.15) is 0 Å². The summed E-state index contributed by atoms with van der Waals surface area (Å²) in [6, 6.07) is 0. The molecule has 0 aromatic heterocycles. The fourth-order valence-electron chi connectivity index (χ4n) is 1.35. The smallest absolute Gasteiger partial charge is 0.369 e. The van der Waals surface area contributed by atoms with E-state index in [1.165, 1.54) is 0 Å². The van der Waals surface area contributed by atoms with Crippen molar-refractivity contribution >= 4 is 14.2 Å². The molecule has 0 amide bonds. The molecule has 96 valence electrons. The summed E-state index contributed by atoms with van der Waals surface area (Å²) in [4.78, 5) is 12.0. The minimum absolute atomic E-state index is 0.0662. The summed E-state index contributed by atoms with van der Waals surface area (Å²) in [5.74, 6) is 0. The highest BCUT2D eigenvalue weighted by Crippen LogP contribution is 2.14. The van der Waals surface area contributed by atoms with Gasteiger partial charge in [0.15, 0.2) is 0 Å². The molecule has 5 nitrogen and oxygen atoms in total. The lowest BCUT2D eigenvalue weighted by Crippen LogP contribution is -2.54. The predicted molar refractivity (Wildman–Crippen MR) is 63.9 cm³/mol. The Kier molecular flexibility index (Phi) is 8.68. The average Bonchev–Trinajstić information content (AvgIpc) is 2.26. The first kappa shape index (κ1) is 15.7. The topological polar surface area (TPSA) is 70.8 Å². The minimum Gasteiger partial charge on any atom is -0.369 e. The predicted octanol–water partition coefficient (Wildman–Crippen LogP) is 0.882. The Balaban J connectivity index is 4.62. The molecule has 16 heavy (non-hydrogen) atoms. The molecular formula is C10H23NO4Si. The SMILES string of the molecule is CCO[Si](OCC)(OCC)C(=O)CCCN. The maximum Gasteiger partial charge on any atom is 0.574 e. The Morgan fingerprint density at radius 3 is 1.81 bits per heavy atom. The van der Waals surface area contributed by atoms with Crippen LogP contribution in [0.3, 0.4) is 0 Å². The Labute approximate surface area is 98.6 Å². The second-order valence-corrected chi connectivity index (χ2v) is 5.71. The third kappa shape index (κ3) is 4.71. The molecule has 0 aliphatic rings. The lowest BCUT2D eigenvalue weighted by atomic mass is 10.3. The number of hydrogen-bond donors (Lipinski definition) is 1. The van der Waals surface area contributed by atoms with Crippen molar-refractivity contribution in [2.24, 2.45) is 5.73 Å². The van der Waals surface area contributed by atoms with Crippen molar-refractivity contribution in [1.82, 2.24) is 0 Å². The molecule has 0 radical (unpaired) electrons. The Bertz CT molecular complexity index is 184. The van der Waals surface area contributed by atoms with Crippen LogP contribution in [0.5, 0.6) is 0 Å². The molecule has 0 spiro atoms. The van der Waals surface area contributed by atoms with E-state index >= 15 is 0 Å². The van der Waals surface area contributed by atoms with Crippen LogP contribution >= 0.6 is 0 Å². The van der Waals surface area contributed by atoms with E-state index in [1.54, 1.807) is 0 Å². The van der Waals surface area contributed by atoms with Gasteiger partial charge in [-0.05, 0) is 33.7 Å². The maximum atomic E-state index is 12.0. The molecular weight excluding hydrogens is 226 g/mol. The summed E-state index contributed by atoms with van der Waals surface area (Å²) in [5.41, 5.74) is 5.38. The summed E-state index contributed by atoms with van der Waals surface area (Å²) in [5, 5.41) is -0.0662. The van der Waals surface area contributed by atoms with E-state index in [0.29, 0.717) is 39.2 Å². The zero-order valence-corrected chi connectivity index (χ0v) is 11.5. The van der Waals surface area contributed by atoms with E-state index in [1.807, 2.05) is 20.8 Å². The van der Waals surface area contributed by atoms with Crippen LogP contribution in [-0.2, 0) is 18.1 Å². The van der Waals surface area contributed by atoms with Crippen LogP contribution in [-0.4, -0.2) is 40.6 Å². The first-order chi connectivity index (χ1) is 7.66. The van der Waals surface area contributed by atoms with Gasteiger partial charge in [0.25, 0.3) is 0 Å². The fourth-order valence-corrected chi connectivity index (χ4v) is 3.71. The molecule has 0 unspecified atom stereocenters. The van der Waals surface area contributed by atoms with Crippen molar-refractivity contribution in [3.05, 3.63) is 0 Å². The van der Waals surface area contributed by atoms with Crippen molar-refractivity contribution in [2.45, 2.75) is 33.6 Å². The number of carbonyl (C=O) groups excluding carboxylic acids is 1. The molecule has 6 heteroatoms. The highest BCUT2D eigenvalue weighted by molar-refractivity contribution is 6.92. The van der Waals surface area contributed by atoms with Crippen LogP contribution in [0, 0.1) is 0 Å². The summed E-state index contributed by atoms with van der Waals surface area (Å²) in [6.45, 7) is 7.23. The number of nitrogens with two attached hydrogens (primary N) is 1. The van der Waals surface area contributed by atoms with Crippen LogP contribution in [0.4, 0.5) is 0 Å². The quantitative estimate of drug-likeness (QED) is 0.582. The van der Waals surface area contributed by atoms with Gasteiger partial charge >= 0.3 is 8.80 Å². The fraction of sp³-hybridized carbons (Fsp3) is 0.900. The van der Waals surface area contributed by atoms with Gasteiger partial charge in [0.2, 0.25) is 5.41 Å². The van der Waals surface area contributed by atoms with Gasteiger partial charge in [-0.15, -0.1) is 0 Å². The highest BCUT2D eigenvalue weighted by Gasteiger charge is 2.48. The number of rotatable bonds is 10. The van der Waals surface area contributed by atoms with Gasteiger partial charge in [-0.1, -0.05) is 0 Å². The minimum atomic E-state index is -3.13. The summed E-state index contributed by atoms with van der Waals surface area (Å²) >= 11 is 0. The van der Waals surface area contributed by atoms with Crippen LogP contribution in [0.2, 0.25) is 0 Å². The first-order valence-corrected chi connectivity index (χ1v) is 7.54. The summed E-state index contributed by atoms with van der Waals surface area (Å²) < 4.78 is 16.4. The molecule has 0 rings (SSSR count). The van der Waals surface area contributed by atoms with Crippen molar-refractivity contribution < 1.29 is 18.1 Å². The van der Waals surface area contributed by atoms with Crippen LogP contribution in [0.25, 0.3) is 0 Å². The molecule has 0 fully saturated rings. The van der Waals surface area contributed by atoms with Crippen molar-refractivity contribution in [1.29, 1.82) is 0 Å². The Morgan fingerprint density at radius 2 is 1.50 bits per heavy atom. The third-order valence-corrected chi connectivity index (χ3v) is 4.89. The van der Waals surface area contributed by atoms with Gasteiger partial charge in [0.1, 0.15) is 0 Å². The zero-order chi connectivity index (χ0) is 12.4. The second-order valence-electron chi connectivity index (χ2n) is 3.17. The van der Waals surface area contributed by atoms with Gasteiger partial charge in [-0.3, -0.25) is 4.79 Å². The molecule has 2 N–H and O–H groups in total. The van der Waals surface area contributed by atoms with Gasteiger partial charge < -0.3 is 19.0 Å². The molecule has 0 aliphatic heterocycles. The summed E-state index contributed by atoms with van der Waals surface area (Å²) in [7, 11) is -3.13. The normalized spacial score (nSPS) is 11.8. The van der Waals surface area contributed by atoms with E-state index in [2.05, 4.69) is 0 Å². The van der Waals surface area contributed by atoms with E-state index in [4.69, 9.17) is 19.0 Å². The number of carbonyl (C=O) groups is 1. The van der Waals surface area contributed by atoms with Crippen molar-refractivity contribution in [3.8, 4) is 0 Å². The molecule has 0 aromatic carbocycles. The lowest BCUT2D eigenvalue weighted by Gasteiger charge is -2.26. The molecule has 0 aliphatic carbocycles. The molecule has 0 atom stereocenters. The molecule has 0 saturated heterocycles. The van der Waals surface area contributed by atoms with E-state index in [9.17, 15) is 4.79 Å². The Hall–Kier alpha value is -0.273. The van der Waals surface area contributed by atoms with Crippen LogP contribution < -0.4 is 5.73 Å². The Morgan fingerprint density at radius 1 is 1.06 bits per heavy atom. The third-order valence-electron chi connectivity index (χ3n) is 1.95. The molecule has 0 bridgehead atoms. The van der Waals surface area contributed by atoms with Crippen molar-refractivity contribution in [3.63, 3.8) is 0 Å². The molecule has 0 heterocycles. The van der Waals surface area contributed by atoms with E-state index in [-0.39, 0.29) is 5.41 Å². The van der Waals surface area contributed by atoms with Gasteiger partial charge in [0, 0.05) is 26.2 Å². The van der Waals surface area contributed by atoms with Crippen LogP contribution in [0.15, 0.2) is 0 Å².